The lowest BCUT2D eigenvalue weighted by molar-refractivity contribution is 1.08. The van der Waals surface area contributed by atoms with Crippen molar-refractivity contribution in [3.8, 4) is 10.7 Å². The van der Waals surface area contributed by atoms with E-state index in [1.807, 2.05) is 28.8 Å². The van der Waals surface area contributed by atoms with Crippen molar-refractivity contribution in [1.29, 1.82) is 0 Å². The monoisotopic (exact) mass is 217 g/mol. The molecular formula is C9H7N5S. The summed E-state index contributed by atoms with van der Waals surface area (Å²) >= 11 is 1.36. The van der Waals surface area contributed by atoms with Crippen LogP contribution in [0.15, 0.2) is 30.6 Å². The number of nitrogens with zero attached hydrogens (tertiary/aromatic N) is 4. The first-order valence-corrected chi connectivity index (χ1v) is 5.18. The standard InChI is InChI=1S/C9H7N5S/c10-9-13-12-8(15-9)6-5-11-7-3-1-2-4-14(6)7/h1-5H,(H2,10,13). The van der Waals surface area contributed by atoms with Gasteiger partial charge in [0, 0.05) is 6.20 Å². The highest BCUT2D eigenvalue weighted by Crippen LogP contribution is 2.24. The quantitative estimate of drug-likeness (QED) is 0.669. The summed E-state index contributed by atoms with van der Waals surface area (Å²) in [6.07, 6.45) is 3.71. The highest BCUT2D eigenvalue weighted by Gasteiger charge is 2.09. The number of rotatable bonds is 1. The minimum absolute atomic E-state index is 0.468. The molecule has 0 spiro atoms. The van der Waals surface area contributed by atoms with Gasteiger partial charge in [-0.05, 0) is 12.1 Å². The molecule has 0 atom stereocenters. The van der Waals surface area contributed by atoms with Crippen LogP contribution >= 0.6 is 11.3 Å². The first-order chi connectivity index (χ1) is 7.34. The predicted molar refractivity (Wildman–Crippen MR) is 58.5 cm³/mol. The molecule has 3 aromatic rings. The van der Waals surface area contributed by atoms with Crippen LogP contribution in [0.3, 0.4) is 0 Å². The van der Waals surface area contributed by atoms with Crippen LogP contribution < -0.4 is 5.73 Å². The smallest absolute Gasteiger partial charge is 0.203 e. The Hall–Kier alpha value is -1.95. The highest BCUT2D eigenvalue weighted by atomic mass is 32.1. The summed E-state index contributed by atoms with van der Waals surface area (Å²) in [7, 11) is 0. The summed E-state index contributed by atoms with van der Waals surface area (Å²) in [4.78, 5) is 4.27. The third kappa shape index (κ3) is 1.26. The number of pyridine rings is 1. The Morgan fingerprint density at radius 1 is 1.27 bits per heavy atom. The van der Waals surface area contributed by atoms with Gasteiger partial charge in [0.2, 0.25) is 5.13 Å². The summed E-state index contributed by atoms with van der Waals surface area (Å²) in [5, 5.41) is 9.03. The number of nitrogen functional groups attached to an aromatic ring is 1. The SMILES string of the molecule is Nc1nnc(-c2cnc3ccccn23)s1. The molecule has 0 aliphatic carbocycles. The number of nitrogens with two attached hydrogens (primary N) is 1. The fraction of sp³-hybridized carbons (Fsp3) is 0. The van der Waals surface area contributed by atoms with Gasteiger partial charge in [-0.25, -0.2) is 4.98 Å². The number of fused-ring (bicyclic) bond motifs is 1. The molecule has 15 heavy (non-hydrogen) atoms. The molecule has 74 valence electrons. The number of anilines is 1. The maximum absolute atomic E-state index is 5.54. The van der Waals surface area contributed by atoms with E-state index in [4.69, 9.17) is 5.73 Å². The molecule has 0 aliphatic rings. The van der Waals surface area contributed by atoms with Crippen LogP contribution in [0.5, 0.6) is 0 Å². The van der Waals surface area contributed by atoms with Gasteiger partial charge in [-0.2, -0.15) is 0 Å². The molecule has 2 N–H and O–H groups in total. The third-order valence-corrected chi connectivity index (χ3v) is 2.85. The second-order valence-corrected chi connectivity index (χ2v) is 4.03. The first kappa shape index (κ1) is 8.37. The van der Waals surface area contributed by atoms with Crippen molar-refractivity contribution in [2.75, 3.05) is 5.73 Å². The molecule has 0 radical (unpaired) electrons. The Kier molecular flexibility index (Phi) is 1.69. The normalized spacial score (nSPS) is 10.9. The molecule has 0 amide bonds. The van der Waals surface area contributed by atoms with Gasteiger partial charge in [0.1, 0.15) is 11.3 Å². The lowest BCUT2D eigenvalue weighted by atomic mass is 10.4. The Morgan fingerprint density at radius 3 is 3.00 bits per heavy atom. The van der Waals surface area contributed by atoms with E-state index in [0.29, 0.717) is 5.13 Å². The topological polar surface area (TPSA) is 69.1 Å². The van der Waals surface area contributed by atoms with Crippen LogP contribution in [0.2, 0.25) is 0 Å². The zero-order valence-electron chi connectivity index (χ0n) is 7.66. The fourth-order valence-corrected chi connectivity index (χ4v) is 2.05. The Labute approximate surface area is 89.2 Å². The highest BCUT2D eigenvalue weighted by molar-refractivity contribution is 7.18. The van der Waals surface area contributed by atoms with Gasteiger partial charge in [0.25, 0.3) is 0 Å². The number of imidazole rings is 1. The molecule has 3 heterocycles. The molecule has 0 aromatic carbocycles. The lowest BCUT2D eigenvalue weighted by Gasteiger charge is -1.95. The van der Waals surface area contributed by atoms with Crippen molar-refractivity contribution in [3.05, 3.63) is 30.6 Å². The fourth-order valence-electron chi connectivity index (χ4n) is 1.43. The molecule has 6 heteroatoms. The van der Waals surface area contributed by atoms with E-state index >= 15 is 0 Å². The van der Waals surface area contributed by atoms with Gasteiger partial charge in [-0.15, -0.1) is 10.2 Å². The van der Waals surface area contributed by atoms with Crippen molar-refractivity contribution < 1.29 is 0 Å². The van der Waals surface area contributed by atoms with Crippen molar-refractivity contribution >= 4 is 22.1 Å². The summed E-state index contributed by atoms with van der Waals surface area (Å²) in [5.41, 5.74) is 7.35. The second kappa shape index (κ2) is 3.03. The number of aromatic nitrogens is 4. The second-order valence-electron chi connectivity index (χ2n) is 3.02. The molecule has 3 rings (SSSR count). The van der Waals surface area contributed by atoms with Crippen molar-refractivity contribution in [2.24, 2.45) is 0 Å². The molecule has 5 nitrogen and oxygen atoms in total. The largest absolute Gasteiger partial charge is 0.374 e. The lowest BCUT2D eigenvalue weighted by Crippen LogP contribution is -1.86. The molecule has 0 unspecified atom stereocenters. The van der Waals surface area contributed by atoms with E-state index in [0.717, 1.165) is 16.3 Å². The van der Waals surface area contributed by atoms with Crippen LogP contribution in [0.4, 0.5) is 5.13 Å². The molecular weight excluding hydrogens is 210 g/mol. The molecule has 3 aromatic heterocycles. The summed E-state index contributed by atoms with van der Waals surface area (Å²) < 4.78 is 1.96. The van der Waals surface area contributed by atoms with Crippen LogP contribution in [-0.2, 0) is 0 Å². The van der Waals surface area contributed by atoms with E-state index < -0.39 is 0 Å². The van der Waals surface area contributed by atoms with Gasteiger partial charge >= 0.3 is 0 Å². The summed E-state index contributed by atoms with van der Waals surface area (Å²) in [6.45, 7) is 0. The van der Waals surface area contributed by atoms with Gasteiger partial charge < -0.3 is 5.73 Å². The van der Waals surface area contributed by atoms with Crippen LogP contribution in [-0.4, -0.2) is 19.6 Å². The van der Waals surface area contributed by atoms with E-state index in [2.05, 4.69) is 15.2 Å². The molecule has 0 fully saturated rings. The van der Waals surface area contributed by atoms with E-state index in [-0.39, 0.29) is 0 Å². The minimum Gasteiger partial charge on any atom is -0.374 e. The van der Waals surface area contributed by atoms with Gasteiger partial charge in [0.15, 0.2) is 5.01 Å². The average Bonchev–Trinajstić information content (AvgIpc) is 2.83. The maximum atomic E-state index is 5.54. The minimum atomic E-state index is 0.468. The Balaban J connectivity index is 2.27. The molecule has 0 saturated carbocycles. The molecule has 0 saturated heterocycles. The van der Waals surface area contributed by atoms with Crippen LogP contribution in [0.25, 0.3) is 16.3 Å². The van der Waals surface area contributed by atoms with Crippen LogP contribution in [0.1, 0.15) is 0 Å². The Morgan fingerprint density at radius 2 is 2.20 bits per heavy atom. The van der Waals surface area contributed by atoms with Gasteiger partial charge in [-0.1, -0.05) is 17.4 Å². The van der Waals surface area contributed by atoms with E-state index in [9.17, 15) is 0 Å². The Bertz CT molecular complexity index is 612. The molecule has 0 aliphatic heterocycles. The van der Waals surface area contributed by atoms with Crippen molar-refractivity contribution in [1.82, 2.24) is 19.6 Å². The van der Waals surface area contributed by atoms with Crippen molar-refractivity contribution in [3.63, 3.8) is 0 Å². The predicted octanol–water partition coefficient (Wildman–Crippen LogP) is 1.43. The average molecular weight is 217 g/mol. The maximum Gasteiger partial charge on any atom is 0.203 e. The zero-order valence-corrected chi connectivity index (χ0v) is 8.48. The third-order valence-electron chi connectivity index (χ3n) is 2.08. The van der Waals surface area contributed by atoms with Crippen LogP contribution in [0, 0.1) is 0 Å². The summed E-state index contributed by atoms with van der Waals surface area (Å²) in [5.74, 6) is 0. The zero-order chi connectivity index (χ0) is 10.3. The molecule has 0 bridgehead atoms. The first-order valence-electron chi connectivity index (χ1n) is 4.36. The van der Waals surface area contributed by atoms with Gasteiger partial charge in [-0.3, -0.25) is 4.40 Å². The number of hydrogen-bond donors (Lipinski definition) is 1. The summed E-state index contributed by atoms with van der Waals surface area (Å²) in [6, 6.07) is 5.83. The van der Waals surface area contributed by atoms with Crippen molar-refractivity contribution in [2.45, 2.75) is 0 Å². The van der Waals surface area contributed by atoms with E-state index in [1.165, 1.54) is 11.3 Å². The van der Waals surface area contributed by atoms with Gasteiger partial charge in [0.05, 0.1) is 6.20 Å². The number of hydrogen-bond acceptors (Lipinski definition) is 5. The van der Waals surface area contributed by atoms with E-state index in [1.54, 1.807) is 6.20 Å².